The first-order valence-corrected chi connectivity index (χ1v) is 8.42. The minimum atomic E-state index is -0.300. The highest BCUT2D eigenvalue weighted by Crippen LogP contribution is 2.29. The van der Waals surface area contributed by atoms with Crippen molar-refractivity contribution >= 4 is 5.91 Å². The van der Waals surface area contributed by atoms with Gasteiger partial charge in [0.2, 0.25) is 5.91 Å². The Morgan fingerprint density at radius 1 is 1.13 bits per heavy atom. The Kier molecular flexibility index (Phi) is 4.75. The van der Waals surface area contributed by atoms with Crippen molar-refractivity contribution in [3.63, 3.8) is 0 Å². The van der Waals surface area contributed by atoms with Gasteiger partial charge in [0, 0.05) is 19.3 Å². The smallest absolute Gasteiger partial charge is 0.236 e. The molecule has 0 saturated carbocycles. The molecule has 0 N–H and O–H groups in total. The van der Waals surface area contributed by atoms with E-state index in [0.29, 0.717) is 5.92 Å². The summed E-state index contributed by atoms with van der Waals surface area (Å²) in [6, 6.07) is 14.0. The van der Waals surface area contributed by atoms with Crippen LogP contribution < -0.4 is 0 Å². The molecule has 1 unspecified atom stereocenters. The van der Waals surface area contributed by atoms with Crippen LogP contribution in [0.4, 0.5) is 0 Å². The fraction of sp³-hybridized carbons (Fsp3) is 0.400. The average molecular weight is 308 g/mol. The van der Waals surface area contributed by atoms with Gasteiger partial charge in [-0.05, 0) is 48.9 Å². The van der Waals surface area contributed by atoms with Crippen LogP contribution in [0.1, 0.15) is 42.5 Å². The minimum Gasteiger partial charge on any atom is -0.342 e. The number of aryl methyl sites for hydroxylation is 1. The third kappa shape index (κ3) is 3.44. The van der Waals surface area contributed by atoms with E-state index in [2.05, 4.69) is 31.0 Å². The molecule has 1 aromatic carbocycles. The highest BCUT2D eigenvalue weighted by Gasteiger charge is 2.31. The molecule has 1 aliphatic rings. The van der Waals surface area contributed by atoms with E-state index in [-0.39, 0.29) is 11.8 Å². The van der Waals surface area contributed by atoms with E-state index < -0.39 is 0 Å². The van der Waals surface area contributed by atoms with Crippen LogP contribution in [0.25, 0.3) is 0 Å². The van der Waals surface area contributed by atoms with Crippen molar-refractivity contribution in [1.82, 2.24) is 9.88 Å². The van der Waals surface area contributed by atoms with Crippen LogP contribution in [0.5, 0.6) is 0 Å². The number of aromatic nitrogens is 1. The standard InChI is InChI=1S/C20H24N2O/c1-15-10-13-22(14-11-15)20(23)19(18-9-5-6-12-21-18)17-8-4-3-7-16(17)2/h3-9,12,15,19H,10-11,13-14H2,1-2H3. The van der Waals surface area contributed by atoms with Gasteiger partial charge in [0.05, 0.1) is 5.69 Å². The molecule has 1 aliphatic heterocycles. The van der Waals surface area contributed by atoms with E-state index in [1.807, 2.05) is 35.2 Å². The number of hydrogen-bond donors (Lipinski definition) is 0. The van der Waals surface area contributed by atoms with E-state index in [1.54, 1.807) is 6.20 Å². The van der Waals surface area contributed by atoms with E-state index >= 15 is 0 Å². The topological polar surface area (TPSA) is 33.2 Å². The zero-order chi connectivity index (χ0) is 16.2. The zero-order valence-corrected chi connectivity index (χ0v) is 13.9. The molecule has 1 saturated heterocycles. The molecule has 23 heavy (non-hydrogen) atoms. The molecular formula is C20H24N2O. The molecule has 2 aromatic rings. The lowest BCUT2D eigenvalue weighted by Crippen LogP contribution is -2.41. The van der Waals surface area contributed by atoms with Gasteiger partial charge in [-0.2, -0.15) is 0 Å². The lowest BCUT2D eigenvalue weighted by Gasteiger charge is -2.33. The largest absolute Gasteiger partial charge is 0.342 e. The molecular weight excluding hydrogens is 284 g/mol. The van der Waals surface area contributed by atoms with E-state index in [1.165, 1.54) is 0 Å². The number of piperidine rings is 1. The third-order valence-corrected chi connectivity index (χ3v) is 4.83. The molecule has 0 radical (unpaired) electrons. The number of amides is 1. The quantitative estimate of drug-likeness (QED) is 0.864. The Morgan fingerprint density at radius 3 is 2.48 bits per heavy atom. The number of pyridine rings is 1. The molecule has 1 fully saturated rings. The normalized spacial score (nSPS) is 17.0. The molecule has 1 amide bonds. The monoisotopic (exact) mass is 308 g/mol. The molecule has 3 nitrogen and oxygen atoms in total. The number of nitrogens with zero attached hydrogens (tertiary/aromatic N) is 2. The van der Waals surface area contributed by atoms with Crippen LogP contribution >= 0.6 is 0 Å². The van der Waals surface area contributed by atoms with E-state index in [0.717, 1.165) is 42.8 Å². The maximum absolute atomic E-state index is 13.2. The summed E-state index contributed by atoms with van der Waals surface area (Å²) in [6.45, 7) is 6.04. The lowest BCUT2D eigenvalue weighted by molar-refractivity contribution is -0.133. The van der Waals surface area contributed by atoms with Gasteiger partial charge in [-0.1, -0.05) is 37.3 Å². The van der Waals surface area contributed by atoms with Gasteiger partial charge in [0.15, 0.2) is 0 Å². The van der Waals surface area contributed by atoms with Crippen molar-refractivity contribution in [3.05, 3.63) is 65.5 Å². The van der Waals surface area contributed by atoms with Crippen molar-refractivity contribution in [2.45, 2.75) is 32.6 Å². The van der Waals surface area contributed by atoms with Crippen LogP contribution in [0.3, 0.4) is 0 Å². The van der Waals surface area contributed by atoms with Crippen LogP contribution in [0, 0.1) is 12.8 Å². The fourth-order valence-electron chi connectivity index (χ4n) is 3.29. The maximum atomic E-state index is 13.2. The van der Waals surface area contributed by atoms with Gasteiger partial charge in [0.1, 0.15) is 5.92 Å². The Labute approximate surface area is 138 Å². The summed E-state index contributed by atoms with van der Waals surface area (Å²) in [5, 5.41) is 0. The minimum absolute atomic E-state index is 0.185. The Balaban J connectivity index is 1.96. The Hall–Kier alpha value is -2.16. The van der Waals surface area contributed by atoms with Crippen molar-refractivity contribution in [2.24, 2.45) is 5.92 Å². The first-order valence-electron chi connectivity index (χ1n) is 8.42. The summed E-state index contributed by atoms with van der Waals surface area (Å²) in [5.74, 6) is 0.599. The molecule has 2 heterocycles. The van der Waals surface area contributed by atoms with Gasteiger partial charge in [-0.3, -0.25) is 9.78 Å². The second-order valence-corrected chi connectivity index (χ2v) is 6.55. The van der Waals surface area contributed by atoms with Gasteiger partial charge < -0.3 is 4.90 Å². The van der Waals surface area contributed by atoms with E-state index in [9.17, 15) is 4.79 Å². The van der Waals surface area contributed by atoms with Crippen molar-refractivity contribution < 1.29 is 4.79 Å². The van der Waals surface area contributed by atoms with Crippen molar-refractivity contribution in [3.8, 4) is 0 Å². The number of carbonyl (C=O) groups is 1. The summed E-state index contributed by atoms with van der Waals surface area (Å²) in [4.78, 5) is 19.7. The Morgan fingerprint density at radius 2 is 1.83 bits per heavy atom. The first-order chi connectivity index (χ1) is 11.2. The number of benzene rings is 1. The molecule has 0 spiro atoms. The fourth-order valence-corrected chi connectivity index (χ4v) is 3.29. The van der Waals surface area contributed by atoms with Crippen LogP contribution in [-0.2, 0) is 4.79 Å². The highest BCUT2D eigenvalue weighted by molar-refractivity contribution is 5.87. The van der Waals surface area contributed by atoms with Crippen LogP contribution in [-0.4, -0.2) is 28.9 Å². The van der Waals surface area contributed by atoms with Crippen LogP contribution in [0.15, 0.2) is 48.7 Å². The predicted octanol–water partition coefficient (Wildman–Crippen LogP) is 3.78. The summed E-state index contributed by atoms with van der Waals surface area (Å²) < 4.78 is 0. The first kappa shape index (κ1) is 15.7. The number of rotatable bonds is 3. The molecule has 3 heteroatoms. The number of likely N-dealkylation sites (tertiary alicyclic amines) is 1. The summed E-state index contributed by atoms with van der Waals surface area (Å²) in [7, 11) is 0. The molecule has 0 bridgehead atoms. The molecule has 0 aliphatic carbocycles. The van der Waals surface area contributed by atoms with Crippen molar-refractivity contribution in [2.75, 3.05) is 13.1 Å². The van der Waals surface area contributed by atoms with E-state index in [4.69, 9.17) is 0 Å². The average Bonchev–Trinajstić information content (AvgIpc) is 2.58. The maximum Gasteiger partial charge on any atom is 0.236 e. The predicted molar refractivity (Wildman–Crippen MR) is 92.2 cm³/mol. The van der Waals surface area contributed by atoms with Gasteiger partial charge in [-0.25, -0.2) is 0 Å². The molecule has 120 valence electrons. The van der Waals surface area contributed by atoms with Crippen molar-refractivity contribution in [1.29, 1.82) is 0 Å². The SMILES string of the molecule is Cc1ccccc1C(C(=O)N1CCC(C)CC1)c1ccccn1. The molecule has 1 aromatic heterocycles. The Bertz CT molecular complexity index is 660. The second kappa shape index (κ2) is 6.95. The van der Waals surface area contributed by atoms with Crippen LogP contribution in [0.2, 0.25) is 0 Å². The van der Waals surface area contributed by atoms with Gasteiger partial charge >= 0.3 is 0 Å². The zero-order valence-electron chi connectivity index (χ0n) is 13.9. The highest BCUT2D eigenvalue weighted by atomic mass is 16.2. The number of carbonyl (C=O) groups excluding carboxylic acids is 1. The molecule has 1 atom stereocenters. The number of hydrogen-bond acceptors (Lipinski definition) is 2. The van der Waals surface area contributed by atoms with Gasteiger partial charge in [0.25, 0.3) is 0 Å². The lowest BCUT2D eigenvalue weighted by atomic mass is 9.89. The van der Waals surface area contributed by atoms with Gasteiger partial charge in [-0.15, -0.1) is 0 Å². The molecule has 3 rings (SSSR count). The summed E-state index contributed by atoms with van der Waals surface area (Å²) in [6.07, 6.45) is 3.95. The summed E-state index contributed by atoms with van der Waals surface area (Å²) in [5.41, 5.74) is 3.04. The second-order valence-electron chi connectivity index (χ2n) is 6.55. The third-order valence-electron chi connectivity index (χ3n) is 4.83. The summed E-state index contributed by atoms with van der Waals surface area (Å²) >= 11 is 0.